The molecule has 128 valence electrons. The fraction of sp³-hybridized carbons (Fsp3) is 0.647. The fourth-order valence-electron chi connectivity index (χ4n) is 3.38. The van der Waals surface area contributed by atoms with Crippen LogP contribution in [0.25, 0.3) is 0 Å². The molecular weight excluding hydrogens is 319 g/mol. The molecule has 5 heteroatoms. The molecule has 0 radical (unpaired) electrons. The number of rotatable bonds is 5. The van der Waals surface area contributed by atoms with Gasteiger partial charge in [-0.2, -0.15) is 0 Å². The Morgan fingerprint density at radius 2 is 1.68 bits per heavy atom. The molecule has 1 atom stereocenters. The summed E-state index contributed by atoms with van der Waals surface area (Å²) in [5, 5.41) is 13.2. The number of benzene rings is 1. The molecule has 0 bridgehead atoms. The van der Waals surface area contributed by atoms with Gasteiger partial charge in [-0.25, -0.2) is 0 Å². The number of nitrogens with zero attached hydrogens (tertiary/aromatic N) is 1. The Bertz CT molecular complexity index is 425. The van der Waals surface area contributed by atoms with E-state index < -0.39 is 0 Å². The monoisotopic (exact) mass is 348 g/mol. The fourth-order valence-corrected chi connectivity index (χ4v) is 3.38. The Labute approximate surface area is 147 Å². The summed E-state index contributed by atoms with van der Waals surface area (Å²) in [6.45, 7) is 10.9. The van der Waals surface area contributed by atoms with Gasteiger partial charge in [-0.05, 0) is 49.1 Å². The summed E-state index contributed by atoms with van der Waals surface area (Å²) < 4.78 is 0. The first-order valence-corrected chi connectivity index (χ1v) is 7.88. The first-order valence-electron chi connectivity index (χ1n) is 7.88. The summed E-state index contributed by atoms with van der Waals surface area (Å²) in [7, 11) is 0. The van der Waals surface area contributed by atoms with E-state index in [1.165, 1.54) is 36.0 Å². The van der Waals surface area contributed by atoms with Crippen LogP contribution in [0.1, 0.15) is 48.9 Å². The van der Waals surface area contributed by atoms with Crippen LogP contribution < -0.4 is 5.32 Å². The summed E-state index contributed by atoms with van der Waals surface area (Å²) in [5.41, 5.74) is 3.88. The van der Waals surface area contributed by atoms with Crippen molar-refractivity contribution in [3.8, 4) is 5.75 Å². The third kappa shape index (κ3) is 5.31. The highest BCUT2D eigenvalue weighted by atomic mass is 35.5. The van der Waals surface area contributed by atoms with Gasteiger partial charge in [0.1, 0.15) is 5.75 Å². The Kier molecular flexibility index (Phi) is 10.1. The minimum absolute atomic E-state index is 0. The van der Waals surface area contributed by atoms with Crippen molar-refractivity contribution in [2.24, 2.45) is 0 Å². The second-order valence-electron chi connectivity index (χ2n) is 5.94. The lowest BCUT2D eigenvalue weighted by Gasteiger charge is -2.37. The van der Waals surface area contributed by atoms with Crippen molar-refractivity contribution in [2.45, 2.75) is 46.1 Å². The number of nitrogens with one attached hydrogen (secondary N) is 1. The lowest BCUT2D eigenvalue weighted by Crippen LogP contribution is -2.45. The predicted octanol–water partition coefficient (Wildman–Crippen LogP) is 3.99. The van der Waals surface area contributed by atoms with Crippen LogP contribution in [0.3, 0.4) is 0 Å². The standard InChI is InChI=1S/C17H28N2O.2ClH/c1-4-5-6-16(19-9-7-18-8-10-19)17-13(2)11-15(20)12-14(17)3;;/h11-12,16,18,20H,4-10H2,1-3H3;2*1H/t16-;;/m1../s1. The molecule has 1 saturated heterocycles. The topological polar surface area (TPSA) is 35.5 Å². The second-order valence-corrected chi connectivity index (χ2v) is 5.94. The molecular formula is C17H30Cl2N2O. The smallest absolute Gasteiger partial charge is 0.116 e. The molecule has 1 aromatic carbocycles. The van der Waals surface area contributed by atoms with Gasteiger partial charge in [-0.15, -0.1) is 24.8 Å². The Balaban J connectivity index is 0.00000220. The highest BCUT2D eigenvalue weighted by molar-refractivity contribution is 5.85. The number of phenols is 1. The van der Waals surface area contributed by atoms with Gasteiger partial charge in [0.25, 0.3) is 0 Å². The number of phenolic OH excluding ortho intramolecular Hbond substituents is 1. The average Bonchev–Trinajstić information content (AvgIpc) is 2.42. The van der Waals surface area contributed by atoms with Gasteiger partial charge in [0.05, 0.1) is 0 Å². The third-order valence-electron chi connectivity index (χ3n) is 4.34. The quantitative estimate of drug-likeness (QED) is 0.844. The molecule has 1 fully saturated rings. The van der Waals surface area contributed by atoms with Crippen molar-refractivity contribution < 1.29 is 5.11 Å². The highest BCUT2D eigenvalue weighted by Gasteiger charge is 2.24. The van der Waals surface area contributed by atoms with E-state index in [-0.39, 0.29) is 24.8 Å². The van der Waals surface area contributed by atoms with Crippen LogP contribution in [0.4, 0.5) is 0 Å². The number of aryl methyl sites for hydroxylation is 2. The van der Waals surface area contributed by atoms with Crippen molar-refractivity contribution in [2.75, 3.05) is 26.2 Å². The molecule has 2 rings (SSSR count). The minimum Gasteiger partial charge on any atom is -0.508 e. The molecule has 0 unspecified atom stereocenters. The number of hydrogen-bond donors (Lipinski definition) is 2. The molecule has 22 heavy (non-hydrogen) atoms. The zero-order chi connectivity index (χ0) is 14.5. The van der Waals surface area contributed by atoms with Gasteiger partial charge >= 0.3 is 0 Å². The van der Waals surface area contributed by atoms with Crippen LogP contribution in [0.2, 0.25) is 0 Å². The van der Waals surface area contributed by atoms with E-state index in [1.54, 1.807) is 0 Å². The zero-order valence-corrected chi connectivity index (χ0v) is 15.5. The van der Waals surface area contributed by atoms with Crippen LogP contribution >= 0.6 is 24.8 Å². The molecule has 1 heterocycles. The van der Waals surface area contributed by atoms with Gasteiger partial charge in [-0.3, -0.25) is 4.90 Å². The van der Waals surface area contributed by atoms with Gasteiger partial charge in [-0.1, -0.05) is 19.8 Å². The molecule has 1 aliphatic heterocycles. The molecule has 0 aliphatic carbocycles. The van der Waals surface area contributed by atoms with Gasteiger partial charge < -0.3 is 10.4 Å². The lowest BCUT2D eigenvalue weighted by atomic mass is 9.91. The minimum atomic E-state index is 0. The maximum atomic E-state index is 9.76. The van der Waals surface area contributed by atoms with Crippen LogP contribution in [0.15, 0.2) is 12.1 Å². The van der Waals surface area contributed by atoms with Crippen molar-refractivity contribution in [1.82, 2.24) is 10.2 Å². The summed E-state index contributed by atoms with van der Waals surface area (Å²) in [5.74, 6) is 0.387. The molecule has 1 aliphatic rings. The average molecular weight is 349 g/mol. The van der Waals surface area contributed by atoms with E-state index in [4.69, 9.17) is 0 Å². The Hall–Kier alpha value is -0.480. The molecule has 0 saturated carbocycles. The van der Waals surface area contributed by atoms with Gasteiger partial charge in [0.2, 0.25) is 0 Å². The molecule has 0 amide bonds. The second kappa shape index (κ2) is 10.3. The van der Waals surface area contributed by atoms with Crippen molar-refractivity contribution in [3.63, 3.8) is 0 Å². The number of unbranched alkanes of at least 4 members (excludes halogenated alkanes) is 1. The summed E-state index contributed by atoms with van der Waals surface area (Å²) >= 11 is 0. The van der Waals surface area contributed by atoms with E-state index in [0.29, 0.717) is 11.8 Å². The van der Waals surface area contributed by atoms with Crippen molar-refractivity contribution in [1.29, 1.82) is 0 Å². The van der Waals surface area contributed by atoms with Crippen LogP contribution in [-0.2, 0) is 0 Å². The highest BCUT2D eigenvalue weighted by Crippen LogP contribution is 2.33. The Morgan fingerprint density at radius 3 is 2.18 bits per heavy atom. The lowest BCUT2D eigenvalue weighted by molar-refractivity contribution is 0.162. The Morgan fingerprint density at radius 1 is 1.14 bits per heavy atom. The van der Waals surface area contributed by atoms with E-state index in [1.807, 2.05) is 12.1 Å². The van der Waals surface area contributed by atoms with E-state index in [2.05, 4.69) is 31.0 Å². The van der Waals surface area contributed by atoms with Crippen molar-refractivity contribution in [3.05, 3.63) is 28.8 Å². The number of halogens is 2. The number of piperazine rings is 1. The molecule has 2 N–H and O–H groups in total. The number of hydrogen-bond acceptors (Lipinski definition) is 3. The van der Waals surface area contributed by atoms with Gasteiger partial charge in [0, 0.05) is 32.2 Å². The van der Waals surface area contributed by atoms with E-state index >= 15 is 0 Å². The maximum absolute atomic E-state index is 9.76. The van der Waals surface area contributed by atoms with Gasteiger partial charge in [0.15, 0.2) is 0 Å². The molecule has 0 aromatic heterocycles. The number of aromatic hydroxyl groups is 1. The van der Waals surface area contributed by atoms with E-state index in [9.17, 15) is 5.11 Å². The summed E-state index contributed by atoms with van der Waals surface area (Å²) in [6, 6.07) is 4.31. The first-order chi connectivity index (χ1) is 9.63. The molecule has 1 aromatic rings. The third-order valence-corrected chi connectivity index (χ3v) is 4.34. The van der Waals surface area contributed by atoms with Crippen LogP contribution in [-0.4, -0.2) is 36.2 Å². The van der Waals surface area contributed by atoms with Crippen LogP contribution in [0.5, 0.6) is 5.75 Å². The molecule has 0 spiro atoms. The predicted molar refractivity (Wildman–Crippen MR) is 98.8 cm³/mol. The van der Waals surface area contributed by atoms with E-state index in [0.717, 1.165) is 26.2 Å². The van der Waals surface area contributed by atoms with Crippen molar-refractivity contribution >= 4 is 24.8 Å². The normalized spacial score (nSPS) is 16.5. The SMILES string of the molecule is CCCC[C@H](c1c(C)cc(O)cc1C)N1CCNCC1.Cl.Cl. The summed E-state index contributed by atoms with van der Waals surface area (Å²) in [6.07, 6.45) is 3.70. The summed E-state index contributed by atoms with van der Waals surface area (Å²) in [4.78, 5) is 2.61. The molecule has 3 nitrogen and oxygen atoms in total. The zero-order valence-electron chi connectivity index (χ0n) is 13.9. The maximum Gasteiger partial charge on any atom is 0.116 e. The van der Waals surface area contributed by atoms with Crippen LogP contribution in [0, 0.1) is 13.8 Å². The first kappa shape index (κ1) is 21.5. The largest absolute Gasteiger partial charge is 0.508 e.